The molecule has 1 amide bonds. The van der Waals surface area contributed by atoms with Gasteiger partial charge < -0.3 is 15.4 Å². The van der Waals surface area contributed by atoms with Gasteiger partial charge in [0.2, 0.25) is 5.91 Å². The third-order valence-corrected chi connectivity index (χ3v) is 3.56. The fourth-order valence-corrected chi connectivity index (χ4v) is 2.32. The average Bonchev–Trinajstić information content (AvgIpc) is 2.70. The van der Waals surface area contributed by atoms with Gasteiger partial charge in [-0.25, -0.2) is 0 Å². The molecule has 2 N–H and O–H groups in total. The molecule has 2 rings (SSSR count). The van der Waals surface area contributed by atoms with E-state index in [9.17, 15) is 4.79 Å². The second-order valence-electron chi connectivity index (χ2n) is 4.93. The van der Waals surface area contributed by atoms with Crippen molar-refractivity contribution in [1.82, 2.24) is 4.90 Å². The standard InChI is InChI=1S/C14H20N2O2/c1-10-8-16(9-12(10)15)14(17)7-11-5-3-4-6-13(11)18-2/h3-6,10,12H,7-9,15H2,1-2H3. The topological polar surface area (TPSA) is 55.6 Å². The van der Waals surface area contributed by atoms with Crippen molar-refractivity contribution in [2.45, 2.75) is 19.4 Å². The minimum absolute atomic E-state index is 0.103. The van der Waals surface area contributed by atoms with E-state index in [1.54, 1.807) is 7.11 Å². The summed E-state index contributed by atoms with van der Waals surface area (Å²) in [5.41, 5.74) is 6.87. The molecule has 0 bridgehead atoms. The number of carbonyl (C=O) groups excluding carboxylic acids is 1. The molecule has 0 spiro atoms. The molecule has 98 valence electrons. The van der Waals surface area contributed by atoms with Gasteiger partial charge in [0.1, 0.15) is 5.75 Å². The van der Waals surface area contributed by atoms with Gasteiger partial charge in [0.25, 0.3) is 0 Å². The van der Waals surface area contributed by atoms with E-state index in [0.717, 1.165) is 17.9 Å². The van der Waals surface area contributed by atoms with Crippen molar-refractivity contribution in [2.75, 3.05) is 20.2 Å². The van der Waals surface area contributed by atoms with Crippen molar-refractivity contribution in [1.29, 1.82) is 0 Å². The van der Waals surface area contributed by atoms with Crippen LogP contribution in [0.1, 0.15) is 12.5 Å². The van der Waals surface area contributed by atoms with E-state index >= 15 is 0 Å². The minimum Gasteiger partial charge on any atom is -0.496 e. The Bertz CT molecular complexity index is 424. The smallest absolute Gasteiger partial charge is 0.227 e. The molecular formula is C14H20N2O2. The van der Waals surface area contributed by atoms with Crippen molar-refractivity contribution in [3.8, 4) is 5.75 Å². The van der Waals surface area contributed by atoms with Gasteiger partial charge in [-0.05, 0) is 12.0 Å². The maximum absolute atomic E-state index is 12.2. The molecular weight excluding hydrogens is 228 g/mol. The van der Waals surface area contributed by atoms with Gasteiger partial charge in [0, 0.05) is 24.7 Å². The second kappa shape index (κ2) is 5.40. The molecule has 1 aliphatic rings. The lowest BCUT2D eigenvalue weighted by molar-refractivity contribution is -0.129. The van der Waals surface area contributed by atoms with Crippen LogP contribution in [0.25, 0.3) is 0 Å². The molecule has 0 radical (unpaired) electrons. The molecule has 4 nitrogen and oxygen atoms in total. The largest absolute Gasteiger partial charge is 0.496 e. The number of rotatable bonds is 3. The number of nitrogens with zero attached hydrogens (tertiary/aromatic N) is 1. The number of para-hydroxylation sites is 1. The fourth-order valence-electron chi connectivity index (χ4n) is 2.32. The number of amides is 1. The van der Waals surface area contributed by atoms with Crippen LogP contribution < -0.4 is 10.5 Å². The summed E-state index contributed by atoms with van der Waals surface area (Å²) in [6, 6.07) is 7.73. The van der Waals surface area contributed by atoms with Crippen LogP contribution in [0, 0.1) is 5.92 Å². The van der Waals surface area contributed by atoms with Gasteiger partial charge in [-0.15, -0.1) is 0 Å². The van der Waals surface area contributed by atoms with E-state index < -0.39 is 0 Å². The summed E-state index contributed by atoms with van der Waals surface area (Å²) in [6.07, 6.45) is 0.378. The monoisotopic (exact) mass is 248 g/mol. The van der Waals surface area contributed by atoms with E-state index in [4.69, 9.17) is 10.5 Å². The molecule has 1 aliphatic heterocycles. The van der Waals surface area contributed by atoms with Gasteiger partial charge >= 0.3 is 0 Å². The lowest BCUT2D eigenvalue weighted by Gasteiger charge is -2.16. The maximum Gasteiger partial charge on any atom is 0.227 e. The van der Waals surface area contributed by atoms with E-state index in [0.29, 0.717) is 18.9 Å². The highest BCUT2D eigenvalue weighted by Crippen LogP contribution is 2.20. The number of hydrogen-bond acceptors (Lipinski definition) is 3. The molecule has 2 atom stereocenters. The maximum atomic E-state index is 12.2. The first-order valence-corrected chi connectivity index (χ1v) is 6.27. The molecule has 4 heteroatoms. The number of carbonyl (C=O) groups is 1. The number of methoxy groups -OCH3 is 1. The van der Waals surface area contributed by atoms with Crippen molar-refractivity contribution in [3.63, 3.8) is 0 Å². The quantitative estimate of drug-likeness (QED) is 0.869. The van der Waals surface area contributed by atoms with Crippen LogP contribution in [-0.4, -0.2) is 37.0 Å². The molecule has 1 aromatic rings. The van der Waals surface area contributed by atoms with E-state index in [1.165, 1.54) is 0 Å². The Kier molecular flexibility index (Phi) is 3.87. The van der Waals surface area contributed by atoms with Crippen LogP contribution >= 0.6 is 0 Å². The van der Waals surface area contributed by atoms with Crippen LogP contribution in [0.2, 0.25) is 0 Å². The number of nitrogens with two attached hydrogens (primary N) is 1. The third kappa shape index (κ3) is 2.64. The summed E-state index contributed by atoms with van der Waals surface area (Å²) in [6.45, 7) is 3.51. The van der Waals surface area contributed by atoms with Gasteiger partial charge in [0.05, 0.1) is 13.5 Å². The van der Waals surface area contributed by atoms with Crippen LogP contribution in [0.5, 0.6) is 5.75 Å². The highest BCUT2D eigenvalue weighted by molar-refractivity contribution is 5.79. The molecule has 2 unspecified atom stereocenters. The molecule has 18 heavy (non-hydrogen) atoms. The van der Waals surface area contributed by atoms with E-state index in [1.807, 2.05) is 29.2 Å². The summed E-state index contributed by atoms with van der Waals surface area (Å²) >= 11 is 0. The molecule has 1 saturated heterocycles. The molecule has 0 aliphatic carbocycles. The lowest BCUT2D eigenvalue weighted by atomic mass is 10.1. The van der Waals surface area contributed by atoms with Crippen LogP contribution in [0.4, 0.5) is 0 Å². The third-order valence-electron chi connectivity index (χ3n) is 3.56. The first-order valence-electron chi connectivity index (χ1n) is 6.27. The predicted molar refractivity (Wildman–Crippen MR) is 70.4 cm³/mol. The summed E-state index contributed by atoms with van der Waals surface area (Å²) in [4.78, 5) is 14.0. The van der Waals surface area contributed by atoms with Crippen LogP contribution in [0.15, 0.2) is 24.3 Å². The highest BCUT2D eigenvalue weighted by atomic mass is 16.5. The number of ether oxygens (including phenoxy) is 1. The average molecular weight is 248 g/mol. The molecule has 0 saturated carbocycles. The second-order valence-corrected chi connectivity index (χ2v) is 4.93. The van der Waals surface area contributed by atoms with Crippen LogP contribution in [-0.2, 0) is 11.2 Å². The zero-order chi connectivity index (χ0) is 13.1. The van der Waals surface area contributed by atoms with E-state index in [2.05, 4.69) is 6.92 Å². The summed E-state index contributed by atoms with van der Waals surface area (Å²) in [5, 5.41) is 0. The van der Waals surface area contributed by atoms with Gasteiger partial charge in [-0.2, -0.15) is 0 Å². The zero-order valence-electron chi connectivity index (χ0n) is 10.9. The molecule has 1 fully saturated rings. The highest BCUT2D eigenvalue weighted by Gasteiger charge is 2.29. The van der Waals surface area contributed by atoms with Crippen molar-refractivity contribution in [3.05, 3.63) is 29.8 Å². The Morgan fingerprint density at radius 1 is 1.44 bits per heavy atom. The number of hydrogen-bond donors (Lipinski definition) is 1. The molecule has 0 aromatic heterocycles. The summed E-state index contributed by atoms with van der Waals surface area (Å²) in [5.74, 6) is 1.27. The SMILES string of the molecule is COc1ccccc1CC(=O)N1CC(C)C(N)C1. The normalized spacial score (nSPS) is 23.2. The summed E-state index contributed by atoms with van der Waals surface area (Å²) in [7, 11) is 1.62. The van der Waals surface area contributed by atoms with Crippen molar-refractivity contribution in [2.24, 2.45) is 11.7 Å². The Balaban J connectivity index is 2.03. The number of likely N-dealkylation sites (tertiary alicyclic amines) is 1. The lowest BCUT2D eigenvalue weighted by Crippen LogP contribution is -2.33. The molecule has 1 aromatic carbocycles. The van der Waals surface area contributed by atoms with Crippen molar-refractivity contribution < 1.29 is 9.53 Å². The predicted octanol–water partition coefficient (Wildman–Crippen LogP) is 1.04. The van der Waals surface area contributed by atoms with Gasteiger partial charge in [-0.3, -0.25) is 4.79 Å². The Labute approximate surface area is 108 Å². The van der Waals surface area contributed by atoms with Crippen LogP contribution in [0.3, 0.4) is 0 Å². The van der Waals surface area contributed by atoms with Crippen molar-refractivity contribution >= 4 is 5.91 Å². The first-order chi connectivity index (χ1) is 8.61. The Hall–Kier alpha value is -1.55. The van der Waals surface area contributed by atoms with Gasteiger partial charge in [-0.1, -0.05) is 25.1 Å². The fraction of sp³-hybridized carbons (Fsp3) is 0.500. The Morgan fingerprint density at radius 2 is 2.17 bits per heavy atom. The van der Waals surface area contributed by atoms with E-state index in [-0.39, 0.29) is 11.9 Å². The first kappa shape index (κ1) is 12.9. The minimum atomic E-state index is 0.103. The molecule has 1 heterocycles. The number of benzene rings is 1. The Morgan fingerprint density at radius 3 is 2.78 bits per heavy atom. The van der Waals surface area contributed by atoms with Gasteiger partial charge in [0.15, 0.2) is 0 Å². The summed E-state index contributed by atoms with van der Waals surface area (Å²) < 4.78 is 5.26. The zero-order valence-corrected chi connectivity index (χ0v) is 10.9.